The van der Waals surface area contributed by atoms with Crippen molar-refractivity contribution in [1.29, 1.82) is 0 Å². The Hall–Kier alpha value is -2.61. The summed E-state index contributed by atoms with van der Waals surface area (Å²) in [5.74, 6) is -0.803. The lowest BCUT2D eigenvalue weighted by Crippen LogP contribution is -2.27. The number of aliphatic hydroxyl groups excluding tert-OH is 1. The first-order valence-corrected chi connectivity index (χ1v) is 8.28. The smallest absolute Gasteiger partial charge is 0.405 e. The Morgan fingerprint density at radius 3 is 1.85 bits per heavy atom. The van der Waals surface area contributed by atoms with Gasteiger partial charge in [-0.2, -0.15) is 0 Å². The van der Waals surface area contributed by atoms with Gasteiger partial charge in [0.15, 0.2) is 0 Å². The monoisotopic (exact) mass is 383 g/mol. The molecule has 1 aromatic rings. The molecule has 1 aromatic carbocycles. The molecule has 0 spiro atoms. The van der Waals surface area contributed by atoms with Crippen LogP contribution in [0.25, 0.3) is 0 Å². The maximum atomic E-state index is 12.0. The average molecular weight is 383 g/mol. The Morgan fingerprint density at radius 2 is 1.52 bits per heavy atom. The van der Waals surface area contributed by atoms with Crippen LogP contribution < -0.4 is 10.5 Å². The maximum absolute atomic E-state index is 12.0. The van der Waals surface area contributed by atoms with Crippen molar-refractivity contribution in [1.82, 2.24) is 0 Å². The predicted molar refractivity (Wildman–Crippen MR) is 99.3 cm³/mol. The van der Waals surface area contributed by atoms with Gasteiger partial charge < -0.3 is 25.1 Å². The lowest BCUT2D eigenvalue weighted by atomic mass is 10.1. The van der Waals surface area contributed by atoms with Crippen molar-refractivity contribution in [2.24, 2.45) is 5.73 Å². The molecule has 0 bridgehead atoms. The van der Waals surface area contributed by atoms with E-state index >= 15 is 0 Å². The molecule has 0 atom stereocenters. The summed E-state index contributed by atoms with van der Waals surface area (Å²) in [7, 11) is 0. The van der Waals surface area contributed by atoms with E-state index in [4.69, 9.17) is 15.2 Å². The van der Waals surface area contributed by atoms with Crippen LogP contribution in [0.3, 0.4) is 0 Å². The van der Waals surface area contributed by atoms with Gasteiger partial charge in [-0.1, -0.05) is 6.07 Å². The molecule has 0 aromatic heterocycles. The average Bonchev–Trinajstić information content (AvgIpc) is 2.42. The zero-order valence-electron chi connectivity index (χ0n) is 16.9. The molecule has 1 amide bonds. The van der Waals surface area contributed by atoms with Crippen molar-refractivity contribution in [3.05, 3.63) is 29.3 Å². The van der Waals surface area contributed by atoms with Crippen molar-refractivity contribution < 1.29 is 33.7 Å². The van der Waals surface area contributed by atoms with Crippen LogP contribution in [0, 0.1) is 0 Å². The van der Waals surface area contributed by atoms with Crippen LogP contribution in [0.1, 0.15) is 64.4 Å². The molecule has 0 aliphatic carbocycles. The lowest BCUT2D eigenvalue weighted by Gasteiger charge is -2.20. The number of primary amides is 1. The number of carbonyl (C=O) groups excluding carboxylic acids is 3. The van der Waals surface area contributed by atoms with Crippen LogP contribution in [-0.4, -0.2) is 34.3 Å². The molecular weight excluding hydrogens is 354 g/mol. The number of carbonyl (C=O) groups is 3. The van der Waals surface area contributed by atoms with Crippen LogP contribution in [0.2, 0.25) is 0 Å². The van der Waals surface area contributed by atoms with E-state index in [2.05, 4.69) is 4.74 Å². The normalized spacial score (nSPS) is 11.0. The van der Waals surface area contributed by atoms with Gasteiger partial charge in [0.1, 0.15) is 17.0 Å². The Labute approximate surface area is 159 Å². The van der Waals surface area contributed by atoms with Gasteiger partial charge in [0.25, 0.3) is 0 Å². The van der Waals surface area contributed by atoms with Crippen LogP contribution in [0.15, 0.2) is 18.2 Å². The molecule has 27 heavy (non-hydrogen) atoms. The van der Waals surface area contributed by atoms with E-state index in [9.17, 15) is 19.5 Å². The summed E-state index contributed by atoms with van der Waals surface area (Å²) in [6.07, 6.45) is -0.725. The molecule has 152 valence electrons. The summed E-state index contributed by atoms with van der Waals surface area (Å²) < 4.78 is 14.7. The van der Waals surface area contributed by atoms with Gasteiger partial charge in [-0.25, -0.2) is 9.59 Å². The number of benzene rings is 1. The van der Waals surface area contributed by atoms with Gasteiger partial charge in [0.05, 0.1) is 12.2 Å². The fourth-order valence-electron chi connectivity index (χ4n) is 1.75. The number of aliphatic hydroxyl groups is 1. The molecule has 8 nitrogen and oxygen atoms in total. The quantitative estimate of drug-likeness (QED) is 0.607. The van der Waals surface area contributed by atoms with Crippen molar-refractivity contribution >= 4 is 18.0 Å². The topological polar surface area (TPSA) is 125 Å². The fourth-order valence-corrected chi connectivity index (χ4v) is 1.75. The molecule has 8 heteroatoms. The molecule has 0 aliphatic heterocycles. The van der Waals surface area contributed by atoms with Crippen LogP contribution in [0.4, 0.5) is 4.79 Å². The van der Waals surface area contributed by atoms with Gasteiger partial charge in [-0.15, -0.1) is 0 Å². The zero-order valence-corrected chi connectivity index (χ0v) is 16.9. The predicted octanol–water partition coefficient (Wildman–Crippen LogP) is 2.94. The molecule has 1 rings (SSSR count). The van der Waals surface area contributed by atoms with Crippen molar-refractivity contribution in [3.8, 4) is 5.75 Å². The molecule has 0 unspecified atom stereocenters. The second-order valence-electron chi connectivity index (χ2n) is 7.61. The minimum Gasteiger partial charge on any atom is -0.456 e. The molecule has 0 saturated heterocycles. The number of rotatable bonds is 3. The third-order valence-corrected chi connectivity index (χ3v) is 2.54. The van der Waals surface area contributed by atoms with E-state index in [0.29, 0.717) is 5.56 Å². The minimum absolute atomic E-state index is 0.191. The Morgan fingerprint density at radius 1 is 1.00 bits per heavy atom. The van der Waals surface area contributed by atoms with Crippen LogP contribution in [0.5, 0.6) is 5.75 Å². The highest BCUT2D eigenvalue weighted by molar-refractivity contribution is 5.92. The molecule has 0 fully saturated rings. The lowest BCUT2D eigenvalue weighted by molar-refractivity contribution is -0.131. The highest BCUT2D eigenvalue weighted by Gasteiger charge is 2.21. The summed E-state index contributed by atoms with van der Waals surface area (Å²) >= 11 is 0. The first kappa shape index (κ1) is 24.4. The first-order chi connectivity index (χ1) is 12.1. The Balaban J connectivity index is 0.000000713. The summed E-state index contributed by atoms with van der Waals surface area (Å²) in [6.45, 7) is 11.5. The molecule has 0 radical (unpaired) electrons. The summed E-state index contributed by atoms with van der Waals surface area (Å²) in [5, 5.41) is 9.22. The number of amides is 1. The standard InChI is InChI=1S/C14H18O5.C5H11NO2/c1-9(16)18-11-6-5-10(8-15)12(7-11)13(17)19-14(2,3)4;1-5(2,3)8-4(6)7/h5-7,15H,8H2,1-4H3;1-3H3,(H2,6,7). The number of nitrogens with two attached hydrogens (primary N) is 1. The molecule has 0 heterocycles. The SMILES string of the molecule is CC(=O)Oc1ccc(CO)c(C(=O)OC(C)(C)C)c1.CC(C)(C)OC(N)=O. The summed E-state index contributed by atoms with van der Waals surface area (Å²) in [6, 6.07) is 4.43. The number of hydrogen-bond acceptors (Lipinski definition) is 7. The van der Waals surface area contributed by atoms with Gasteiger partial charge >= 0.3 is 18.0 Å². The second-order valence-corrected chi connectivity index (χ2v) is 7.61. The van der Waals surface area contributed by atoms with E-state index in [1.165, 1.54) is 25.1 Å². The van der Waals surface area contributed by atoms with E-state index < -0.39 is 29.2 Å². The van der Waals surface area contributed by atoms with Crippen LogP contribution in [-0.2, 0) is 20.9 Å². The highest BCUT2D eigenvalue weighted by Crippen LogP contribution is 2.21. The summed E-state index contributed by atoms with van der Waals surface area (Å²) in [5.41, 5.74) is 4.24. The molecule has 0 aliphatic rings. The fraction of sp³-hybridized carbons (Fsp3) is 0.526. The van der Waals surface area contributed by atoms with Crippen LogP contribution >= 0.6 is 0 Å². The van der Waals surface area contributed by atoms with E-state index in [-0.39, 0.29) is 17.9 Å². The largest absolute Gasteiger partial charge is 0.456 e. The number of ether oxygens (including phenoxy) is 3. The number of esters is 2. The van der Waals surface area contributed by atoms with Crippen molar-refractivity contribution in [2.75, 3.05) is 0 Å². The number of hydrogen-bond donors (Lipinski definition) is 2. The first-order valence-electron chi connectivity index (χ1n) is 8.28. The summed E-state index contributed by atoms with van der Waals surface area (Å²) in [4.78, 5) is 32.9. The second kappa shape index (κ2) is 9.91. The van der Waals surface area contributed by atoms with Gasteiger partial charge in [0, 0.05) is 6.92 Å². The van der Waals surface area contributed by atoms with E-state index in [1.807, 2.05) is 0 Å². The molecule has 3 N–H and O–H groups in total. The van der Waals surface area contributed by atoms with Gasteiger partial charge in [0.2, 0.25) is 0 Å². The highest BCUT2D eigenvalue weighted by atomic mass is 16.6. The third-order valence-electron chi connectivity index (χ3n) is 2.54. The van der Waals surface area contributed by atoms with Crippen molar-refractivity contribution in [2.45, 2.75) is 66.3 Å². The minimum atomic E-state index is -0.725. The third kappa shape index (κ3) is 11.6. The maximum Gasteiger partial charge on any atom is 0.405 e. The zero-order chi connectivity index (χ0) is 21.4. The Bertz CT molecular complexity index is 670. The van der Waals surface area contributed by atoms with Gasteiger partial charge in [-0.05, 0) is 59.2 Å². The Kier molecular flexibility index (Phi) is 8.96. The van der Waals surface area contributed by atoms with E-state index in [0.717, 1.165) is 0 Å². The molecule has 0 saturated carbocycles. The van der Waals surface area contributed by atoms with E-state index in [1.54, 1.807) is 41.5 Å². The van der Waals surface area contributed by atoms with Crippen molar-refractivity contribution in [3.63, 3.8) is 0 Å². The molecular formula is C19H29NO7. The van der Waals surface area contributed by atoms with Gasteiger partial charge in [-0.3, -0.25) is 4.79 Å².